The fraction of sp³-hybridized carbons (Fsp3) is 0.706. The highest BCUT2D eigenvalue weighted by atomic mass is 79.9. The molecular weight excluding hydrogens is 472 g/mol. The number of carbonyl (C=O) groups is 3. The Balaban J connectivity index is 2.39. The molecule has 1 N–H and O–H groups in total. The lowest BCUT2D eigenvalue weighted by molar-refractivity contribution is -0.153. The van der Waals surface area contributed by atoms with Crippen molar-refractivity contribution in [2.75, 3.05) is 12.9 Å². The number of carbonyl (C=O) groups excluding carboxylic acids is 3. The molecule has 0 radical (unpaired) electrons. The lowest BCUT2D eigenvalue weighted by atomic mass is 9.74. The predicted octanol–water partition coefficient (Wildman–Crippen LogP) is 1.54. The summed E-state index contributed by atoms with van der Waals surface area (Å²) in [7, 11) is -3.92. The second kappa shape index (κ2) is 8.60. The van der Waals surface area contributed by atoms with Crippen LogP contribution in [0.25, 0.3) is 0 Å². The lowest BCUT2D eigenvalue weighted by Gasteiger charge is -2.53. The van der Waals surface area contributed by atoms with Crippen molar-refractivity contribution in [1.29, 1.82) is 0 Å². The molecule has 5 unspecified atom stereocenters. The number of fused-ring (bicyclic) bond motifs is 3. The van der Waals surface area contributed by atoms with Crippen LogP contribution in [0.5, 0.6) is 0 Å². The number of piperidine rings is 2. The summed E-state index contributed by atoms with van der Waals surface area (Å²) in [5.74, 6) is -1.35. The largest absolute Gasteiger partial charge is 0.445 e. The number of hydrogen-bond donors (Lipinski definition) is 1. The number of nitrogens with zero attached hydrogens (tertiary/aromatic N) is 1. The molecule has 164 valence electrons. The molecule has 0 aromatic rings. The Bertz CT molecular complexity index is 794. The zero-order chi connectivity index (χ0) is 22.1. The van der Waals surface area contributed by atoms with Gasteiger partial charge in [-0.3, -0.25) is 8.98 Å². The zero-order valence-corrected chi connectivity index (χ0v) is 19.0. The van der Waals surface area contributed by atoms with Crippen LogP contribution in [0, 0.1) is 5.92 Å². The Morgan fingerprint density at radius 3 is 2.52 bits per heavy atom. The molecular formula is C17H25BrN2O8S. The predicted molar refractivity (Wildman–Crippen MR) is 106 cm³/mol. The summed E-state index contributed by atoms with van der Waals surface area (Å²) in [5.41, 5.74) is -0.888. The maximum atomic E-state index is 12.9. The molecule has 12 heteroatoms. The van der Waals surface area contributed by atoms with Crippen molar-refractivity contribution in [3.8, 4) is 0 Å². The van der Waals surface area contributed by atoms with Crippen molar-refractivity contribution in [2.45, 2.75) is 55.8 Å². The lowest BCUT2D eigenvalue weighted by Crippen LogP contribution is -2.74. The monoisotopic (exact) mass is 496 g/mol. The van der Waals surface area contributed by atoms with Gasteiger partial charge in [0.05, 0.1) is 29.1 Å². The highest BCUT2D eigenvalue weighted by molar-refractivity contribution is 9.09. The van der Waals surface area contributed by atoms with Crippen molar-refractivity contribution >= 4 is 44.1 Å². The molecule has 2 bridgehead atoms. The number of imide groups is 1. The maximum Gasteiger partial charge on any atom is 0.417 e. The average molecular weight is 497 g/mol. The third-order valence-corrected chi connectivity index (χ3v) is 6.05. The molecule has 0 aromatic carbocycles. The van der Waals surface area contributed by atoms with Crippen molar-refractivity contribution in [3.05, 3.63) is 12.7 Å². The van der Waals surface area contributed by atoms with Gasteiger partial charge in [-0.2, -0.15) is 8.42 Å². The van der Waals surface area contributed by atoms with Gasteiger partial charge in [0, 0.05) is 0 Å². The van der Waals surface area contributed by atoms with Gasteiger partial charge < -0.3 is 14.8 Å². The summed E-state index contributed by atoms with van der Waals surface area (Å²) in [6.07, 6.45) is -0.416. The van der Waals surface area contributed by atoms with E-state index in [1.54, 1.807) is 20.8 Å². The van der Waals surface area contributed by atoms with Crippen LogP contribution in [0.4, 0.5) is 9.59 Å². The second-order valence-corrected chi connectivity index (χ2v) is 10.5. The first-order valence-corrected chi connectivity index (χ1v) is 11.6. The van der Waals surface area contributed by atoms with Crippen LogP contribution in [0.15, 0.2) is 12.7 Å². The first-order chi connectivity index (χ1) is 13.2. The minimum absolute atomic E-state index is 0.0360. The number of hydrogen-bond acceptors (Lipinski definition) is 8. The van der Waals surface area contributed by atoms with Gasteiger partial charge >= 0.3 is 12.2 Å². The first kappa shape index (κ1) is 23.6. The number of nitrogens with one attached hydrogen (secondary N) is 1. The van der Waals surface area contributed by atoms with Crippen molar-refractivity contribution in [1.82, 2.24) is 10.2 Å². The maximum absolute atomic E-state index is 12.9. The Kier molecular flexibility index (Phi) is 7.01. The van der Waals surface area contributed by atoms with Gasteiger partial charge in [-0.05, 0) is 27.2 Å². The molecule has 2 saturated heterocycles. The Morgan fingerprint density at radius 2 is 2.00 bits per heavy atom. The number of halogens is 1. The van der Waals surface area contributed by atoms with Crippen LogP contribution in [-0.2, 0) is 28.6 Å². The van der Waals surface area contributed by atoms with Crippen LogP contribution < -0.4 is 5.32 Å². The van der Waals surface area contributed by atoms with Crippen molar-refractivity contribution in [2.24, 2.45) is 5.92 Å². The highest BCUT2D eigenvalue weighted by Crippen LogP contribution is 2.43. The quantitative estimate of drug-likeness (QED) is 0.344. The van der Waals surface area contributed by atoms with Crippen molar-refractivity contribution in [3.63, 3.8) is 0 Å². The van der Waals surface area contributed by atoms with E-state index in [0.29, 0.717) is 0 Å². The van der Waals surface area contributed by atoms with Crippen LogP contribution in [0.3, 0.4) is 0 Å². The van der Waals surface area contributed by atoms with E-state index in [9.17, 15) is 22.8 Å². The van der Waals surface area contributed by atoms with Gasteiger partial charge in [-0.15, -0.1) is 0 Å². The van der Waals surface area contributed by atoms with E-state index < -0.39 is 62.7 Å². The zero-order valence-electron chi connectivity index (χ0n) is 16.6. The summed E-state index contributed by atoms with van der Waals surface area (Å²) < 4.78 is 39.0. The van der Waals surface area contributed by atoms with Crippen LogP contribution in [-0.4, -0.2) is 72.9 Å². The molecule has 3 aliphatic rings. The normalized spacial score (nSPS) is 29.3. The molecule has 1 saturated carbocycles. The highest BCUT2D eigenvalue weighted by Gasteiger charge is 2.60. The number of amides is 3. The smallest absolute Gasteiger partial charge is 0.417 e. The molecule has 5 atom stereocenters. The first-order valence-electron chi connectivity index (χ1n) is 8.87. The SMILES string of the molecule is C=CCOC(=O)NC1CC2C(=O)N(C(=O)OC(C)(C)C)C1C(OS(C)(=O)=O)C2Br. The van der Waals surface area contributed by atoms with E-state index >= 15 is 0 Å². The Hall–Kier alpha value is -1.66. The average Bonchev–Trinajstić information content (AvgIpc) is 2.54. The van der Waals surface area contributed by atoms with Gasteiger partial charge in [-0.25, -0.2) is 14.5 Å². The third kappa shape index (κ3) is 5.70. The molecule has 10 nitrogen and oxygen atoms in total. The summed E-state index contributed by atoms with van der Waals surface area (Å²) in [5, 5.41) is 2.58. The van der Waals surface area contributed by atoms with E-state index in [1.165, 1.54) is 6.08 Å². The Morgan fingerprint density at radius 1 is 1.38 bits per heavy atom. The van der Waals surface area contributed by atoms with E-state index in [-0.39, 0.29) is 13.0 Å². The number of alkyl halides is 1. The molecule has 29 heavy (non-hydrogen) atoms. The molecule has 0 spiro atoms. The van der Waals surface area contributed by atoms with Gasteiger partial charge in [-0.1, -0.05) is 28.6 Å². The van der Waals surface area contributed by atoms with Crippen LogP contribution in [0.1, 0.15) is 27.2 Å². The molecule has 3 rings (SSSR count). The number of rotatable bonds is 5. The molecule has 3 fully saturated rings. The van der Waals surface area contributed by atoms with E-state index in [1.807, 2.05) is 0 Å². The number of ether oxygens (including phenoxy) is 2. The van der Waals surface area contributed by atoms with E-state index in [2.05, 4.69) is 27.8 Å². The third-order valence-electron chi connectivity index (χ3n) is 4.32. The van der Waals surface area contributed by atoms with Crippen LogP contribution in [0.2, 0.25) is 0 Å². The van der Waals surface area contributed by atoms with Gasteiger partial charge in [0.2, 0.25) is 5.91 Å². The summed E-state index contributed by atoms with van der Waals surface area (Å²) in [6, 6.07) is -1.90. The molecule has 1 aliphatic carbocycles. The Labute approximate surface area is 178 Å². The standard InChI is InChI=1S/C17H25BrN2O8S/c1-6-7-26-15(22)19-10-8-9-11(18)13(28-29(5,24)25)12(10)20(14(9)21)16(23)27-17(2,3)4/h6,9-13H,1,7-8H2,2-5H3,(H,19,22). The molecule has 3 amide bonds. The van der Waals surface area contributed by atoms with Crippen LogP contribution >= 0.6 is 15.9 Å². The van der Waals surface area contributed by atoms with Gasteiger partial charge in [0.15, 0.2) is 0 Å². The molecule has 2 aliphatic heterocycles. The fourth-order valence-corrected chi connectivity index (χ4v) is 5.03. The van der Waals surface area contributed by atoms with E-state index in [0.717, 1.165) is 11.2 Å². The summed E-state index contributed by atoms with van der Waals surface area (Å²) in [4.78, 5) is 37.8. The van der Waals surface area contributed by atoms with Crippen molar-refractivity contribution < 1.29 is 36.5 Å². The van der Waals surface area contributed by atoms with Gasteiger partial charge in [0.25, 0.3) is 10.1 Å². The minimum Gasteiger partial charge on any atom is -0.445 e. The number of alkyl carbamates (subject to hydrolysis) is 1. The second-order valence-electron chi connectivity index (χ2n) is 7.87. The fourth-order valence-electron chi connectivity index (χ4n) is 3.39. The molecule has 2 heterocycles. The van der Waals surface area contributed by atoms with Gasteiger partial charge in [0.1, 0.15) is 18.3 Å². The summed E-state index contributed by atoms with van der Waals surface area (Å²) in [6.45, 7) is 8.32. The van der Waals surface area contributed by atoms with E-state index in [4.69, 9.17) is 13.7 Å². The summed E-state index contributed by atoms with van der Waals surface area (Å²) >= 11 is 3.33. The topological polar surface area (TPSA) is 128 Å². The minimum atomic E-state index is -3.92. The molecule has 0 aromatic heterocycles.